The van der Waals surface area contributed by atoms with E-state index >= 15 is 0 Å². The van der Waals surface area contributed by atoms with Crippen LogP contribution in [0.3, 0.4) is 0 Å². The first-order valence-electron chi connectivity index (χ1n) is 4.32. The molecule has 0 aromatic heterocycles. The lowest BCUT2D eigenvalue weighted by Crippen LogP contribution is -2.31. The number of carboxylic acids is 2. The Morgan fingerprint density at radius 2 is 1.33 bits per heavy atom. The van der Waals surface area contributed by atoms with Crippen LogP contribution in [0.15, 0.2) is 0 Å². The summed E-state index contributed by atoms with van der Waals surface area (Å²) in [5.41, 5.74) is 0. The van der Waals surface area contributed by atoms with Crippen molar-refractivity contribution in [3.63, 3.8) is 0 Å². The van der Waals surface area contributed by atoms with Gasteiger partial charge in [-0.2, -0.15) is 8.42 Å². The molecule has 0 aliphatic rings. The molecule has 0 aliphatic carbocycles. The molecule has 0 fully saturated rings. The van der Waals surface area contributed by atoms with Gasteiger partial charge in [0.1, 0.15) is 0 Å². The maximum atomic E-state index is 10.2. The Labute approximate surface area is 102 Å². The molecule has 18 heavy (non-hydrogen) atoms. The average Bonchev–Trinajstić information content (AvgIpc) is 2.12. The Kier molecular flexibility index (Phi) is 7.73. The lowest BCUT2D eigenvalue weighted by molar-refractivity contribution is -0.143. The Hall–Kier alpha value is -1.81. The SMILES string of the molecule is CC(=O)C(C)=O.O=C(O)CC(C(=O)O)S(=O)(=O)O. The summed E-state index contributed by atoms with van der Waals surface area (Å²) in [6.45, 7) is 2.50. The molecule has 3 N–H and O–H groups in total. The predicted octanol–water partition coefficient (Wildman–Crippen LogP) is -1.03. The van der Waals surface area contributed by atoms with Crippen molar-refractivity contribution in [3.8, 4) is 0 Å². The first kappa shape index (κ1) is 18.6. The van der Waals surface area contributed by atoms with Gasteiger partial charge in [-0.15, -0.1) is 0 Å². The summed E-state index contributed by atoms with van der Waals surface area (Å²) in [7, 11) is -4.84. The molecule has 104 valence electrons. The zero-order valence-corrected chi connectivity index (χ0v) is 10.3. The average molecular weight is 284 g/mol. The van der Waals surface area contributed by atoms with Crippen LogP contribution in [-0.2, 0) is 29.3 Å². The van der Waals surface area contributed by atoms with E-state index in [1.807, 2.05) is 0 Å². The van der Waals surface area contributed by atoms with Gasteiger partial charge in [-0.25, -0.2) is 0 Å². The quantitative estimate of drug-likeness (QED) is 0.422. The van der Waals surface area contributed by atoms with Crippen molar-refractivity contribution >= 4 is 33.6 Å². The van der Waals surface area contributed by atoms with Gasteiger partial charge in [0.15, 0.2) is 16.8 Å². The zero-order valence-electron chi connectivity index (χ0n) is 9.48. The van der Waals surface area contributed by atoms with Crippen LogP contribution in [0, 0.1) is 0 Å². The van der Waals surface area contributed by atoms with Gasteiger partial charge in [0.25, 0.3) is 10.1 Å². The predicted molar refractivity (Wildman–Crippen MR) is 56.6 cm³/mol. The standard InChI is InChI=1S/C4H6O7S.C4H6O2/c5-3(6)1-2(4(7)8)12(9,10)11;1-3(5)4(2)6/h2H,1H2,(H,5,6)(H,7,8)(H,9,10,11);1-2H3. The van der Waals surface area contributed by atoms with Crippen molar-refractivity contribution in [1.29, 1.82) is 0 Å². The fraction of sp³-hybridized carbons (Fsp3) is 0.500. The van der Waals surface area contributed by atoms with Gasteiger partial charge in [0.05, 0.1) is 6.42 Å². The van der Waals surface area contributed by atoms with Crippen LogP contribution in [0.1, 0.15) is 20.3 Å². The van der Waals surface area contributed by atoms with Crippen molar-refractivity contribution in [2.24, 2.45) is 0 Å². The van der Waals surface area contributed by atoms with Gasteiger partial charge < -0.3 is 10.2 Å². The summed E-state index contributed by atoms with van der Waals surface area (Å²) in [5.74, 6) is -4.26. The summed E-state index contributed by atoms with van der Waals surface area (Å²) >= 11 is 0. The number of ketones is 2. The Morgan fingerprint density at radius 1 is 1.00 bits per heavy atom. The lowest BCUT2D eigenvalue weighted by Gasteiger charge is -2.04. The van der Waals surface area contributed by atoms with Crippen LogP contribution in [0.25, 0.3) is 0 Å². The minimum atomic E-state index is -4.84. The number of hydrogen-bond acceptors (Lipinski definition) is 6. The van der Waals surface area contributed by atoms with Gasteiger partial charge in [0, 0.05) is 13.8 Å². The van der Waals surface area contributed by atoms with Crippen LogP contribution in [0.2, 0.25) is 0 Å². The van der Waals surface area contributed by atoms with E-state index in [1.165, 1.54) is 13.8 Å². The van der Waals surface area contributed by atoms with Crippen molar-refractivity contribution in [2.75, 3.05) is 0 Å². The third-order valence-electron chi connectivity index (χ3n) is 1.49. The summed E-state index contributed by atoms with van der Waals surface area (Å²) in [6, 6.07) is 0. The van der Waals surface area contributed by atoms with Crippen molar-refractivity contribution in [2.45, 2.75) is 25.5 Å². The maximum Gasteiger partial charge on any atom is 0.325 e. The fourth-order valence-corrected chi connectivity index (χ4v) is 1.09. The van der Waals surface area contributed by atoms with Gasteiger partial charge >= 0.3 is 11.9 Å². The Bertz CT molecular complexity index is 435. The zero-order chi connectivity index (χ0) is 15.1. The van der Waals surface area contributed by atoms with E-state index in [0.717, 1.165) is 0 Å². The number of hydrogen-bond donors (Lipinski definition) is 3. The molecule has 10 heteroatoms. The van der Waals surface area contributed by atoms with E-state index in [0.29, 0.717) is 0 Å². The van der Waals surface area contributed by atoms with E-state index in [9.17, 15) is 27.6 Å². The summed E-state index contributed by atoms with van der Waals surface area (Å²) in [6.07, 6.45) is -1.16. The number of Topliss-reactive ketones (excluding diaryl/α,β-unsaturated/α-hetero) is 2. The van der Waals surface area contributed by atoms with Crippen molar-refractivity contribution in [3.05, 3.63) is 0 Å². The van der Waals surface area contributed by atoms with Crippen molar-refractivity contribution in [1.82, 2.24) is 0 Å². The van der Waals surface area contributed by atoms with Gasteiger partial charge in [-0.05, 0) is 0 Å². The number of carbonyl (C=O) groups excluding carboxylic acids is 2. The summed E-state index contributed by atoms with van der Waals surface area (Å²) in [4.78, 5) is 39.6. The highest BCUT2D eigenvalue weighted by atomic mass is 32.2. The van der Waals surface area contributed by atoms with Crippen LogP contribution in [0.5, 0.6) is 0 Å². The number of carboxylic acid groups (broad SMARTS) is 2. The molecule has 0 saturated heterocycles. The molecular weight excluding hydrogens is 272 g/mol. The minimum absolute atomic E-state index is 0.380. The molecule has 0 saturated carbocycles. The summed E-state index contributed by atoms with van der Waals surface area (Å²) in [5, 5.41) is 13.9. The highest BCUT2D eigenvalue weighted by molar-refractivity contribution is 7.87. The topological polar surface area (TPSA) is 163 Å². The normalized spacial score (nSPS) is 11.7. The molecule has 0 radical (unpaired) electrons. The molecule has 0 aliphatic heterocycles. The highest BCUT2D eigenvalue weighted by Crippen LogP contribution is 2.04. The molecule has 1 atom stereocenters. The Balaban J connectivity index is 0. The van der Waals surface area contributed by atoms with E-state index in [-0.39, 0.29) is 11.6 Å². The van der Waals surface area contributed by atoms with E-state index in [4.69, 9.17) is 14.8 Å². The monoisotopic (exact) mass is 284 g/mol. The molecule has 9 nitrogen and oxygen atoms in total. The van der Waals surface area contributed by atoms with E-state index in [2.05, 4.69) is 0 Å². The second-order valence-corrected chi connectivity index (χ2v) is 4.65. The van der Waals surface area contributed by atoms with Gasteiger partial charge in [-0.3, -0.25) is 23.7 Å². The third-order valence-corrected chi connectivity index (χ3v) is 2.58. The van der Waals surface area contributed by atoms with Crippen LogP contribution >= 0.6 is 0 Å². The molecule has 0 amide bonds. The smallest absolute Gasteiger partial charge is 0.325 e. The van der Waals surface area contributed by atoms with Gasteiger partial charge in [0.2, 0.25) is 0 Å². The van der Waals surface area contributed by atoms with E-state index in [1.54, 1.807) is 0 Å². The first-order valence-corrected chi connectivity index (χ1v) is 5.82. The van der Waals surface area contributed by atoms with Gasteiger partial charge in [-0.1, -0.05) is 0 Å². The highest BCUT2D eigenvalue weighted by Gasteiger charge is 2.33. The molecule has 0 spiro atoms. The molecule has 0 rings (SSSR count). The van der Waals surface area contributed by atoms with Crippen molar-refractivity contribution < 1.29 is 42.4 Å². The van der Waals surface area contributed by atoms with Crippen LogP contribution in [0.4, 0.5) is 0 Å². The second-order valence-electron chi connectivity index (χ2n) is 3.05. The molecule has 0 bridgehead atoms. The molecule has 1 unspecified atom stereocenters. The first-order chi connectivity index (χ1) is 7.89. The largest absolute Gasteiger partial charge is 0.481 e. The molecule has 0 aromatic rings. The Morgan fingerprint density at radius 3 is 1.39 bits per heavy atom. The number of carbonyl (C=O) groups is 4. The second kappa shape index (κ2) is 7.50. The number of rotatable bonds is 5. The maximum absolute atomic E-state index is 10.2. The lowest BCUT2D eigenvalue weighted by atomic mass is 10.3. The van der Waals surface area contributed by atoms with Crippen LogP contribution < -0.4 is 0 Å². The number of aliphatic carboxylic acids is 2. The molecular formula is C8H12O9S. The summed E-state index contributed by atoms with van der Waals surface area (Å²) < 4.78 is 28.7. The molecule has 0 aromatic carbocycles. The van der Waals surface area contributed by atoms with E-state index < -0.39 is 33.7 Å². The molecule has 0 heterocycles. The van der Waals surface area contributed by atoms with Crippen LogP contribution in [-0.4, -0.2) is 51.9 Å². The third kappa shape index (κ3) is 9.42. The fourth-order valence-electron chi connectivity index (χ4n) is 0.479. The minimum Gasteiger partial charge on any atom is -0.481 e.